The van der Waals surface area contributed by atoms with Crippen LogP contribution in [0.2, 0.25) is 0 Å². The van der Waals surface area contributed by atoms with Gasteiger partial charge in [0.25, 0.3) is 0 Å². The Hall–Kier alpha value is -1.06. The van der Waals surface area contributed by atoms with E-state index in [2.05, 4.69) is 57.2 Å². The number of ketones is 1. The van der Waals surface area contributed by atoms with Crippen LogP contribution in [-0.2, 0) is 4.79 Å². The summed E-state index contributed by atoms with van der Waals surface area (Å²) in [6, 6.07) is 10.8. The number of hydrogen-bond acceptors (Lipinski definition) is 3. The molecule has 0 aliphatic heterocycles. The summed E-state index contributed by atoms with van der Waals surface area (Å²) in [7, 11) is 0. The lowest BCUT2D eigenvalue weighted by atomic mass is 9.44. The number of hydrogen-bond donors (Lipinski definition) is 1. The normalized spacial score (nSPS) is 39.8. The zero-order chi connectivity index (χ0) is 25.4. The molecular weight excluding hydrogens is 460 g/mol. The van der Waals surface area contributed by atoms with E-state index >= 15 is 0 Å². The fourth-order valence-electron chi connectivity index (χ4n) is 8.99. The van der Waals surface area contributed by atoms with Crippen LogP contribution in [0.3, 0.4) is 0 Å². The molecular formula is C33H48O2S. The van der Waals surface area contributed by atoms with E-state index in [0.29, 0.717) is 23.5 Å². The highest BCUT2D eigenvalue weighted by molar-refractivity contribution is 7.99. The molecule has 198 valence electrons. The largest absolute Gasteiger partial charge is 0.390 e. The van der Waals surface area contributed by atoms with Crippen LogP contribution < -0.4 is 0 Å². The predicted molar refractivity (Wildman–Crippen MR) is 151 cm³/mol. The average Bonchev–Trinajstić information content (AvgIpc) is 3.11. The van der Waals surface area contributed by atoms with Gasteiger partial charge in [0.15, 0.2) is 5.78 Å². The van der Waals surface area contributed by atoms with Crippen molar-refractivity contribution in [2.75, 3.05) is 5.75 Å². The highest BCUT2D eigenvalue weighted by Gasteiger charge is 2.64. The Morgan fingerprint density at radius 2 is 1.64 bits per heavy atom. The van der Waals surface area contributed by atoms with E-state index in [4.69, 9.17) is 0 Å². The second kappa shape index (κ2) is 10.6. The summed E-state index contributed by atoms with van der Waals surface area (Å²) >= 11 is 1.98. The smallest absolute Gasteiger partial charge is 0.155 e. The summed E-state index contributed by atoms with van der Waals surface area (Å²) in [4.78, 5) is 13.8. The first kappa shape index (κ1) is 26.5. The van der Waals surface area contributed by atoms with E-state index in [1.807, 2.05) is 11.8 Å². The van der Waals surface area contributed by atoms with Gasteiger partial charge in [-0.25, -0.2) is 0 Å². The molecule has 1 aromatic carbocycles. The molecule has 0 unspecified atom stereocenters. The lowest BCUT2D eigenvalue weighted by Crippen LogP contribution is -2.56. The van der Waals surface area contributed by atoms with Gasteiger partial charge in [-0.2, -0.15) is 0 Å². The van der Waals surface area contributed by atoms with Crippen molar-refractivity contribution < 1.29 is 9.90 Å². The van der Waals surface area contributed by atoms with E-state index < -0.39 is 5.60 Å². The van der Waals surface area contributed by atoms with Crippen LogP contribution in [0.4, 0.5) is 0 Å². The highest BCUT2D eigenvalue weighted by atomic mass is 32.2. The van der Waals surface area contributed by atoms with E-state index in [-0.39, 0.29) is 10.8 Å². The predicted octanol–water partition coefficient (Wildman–Crippen LogP) is 8.63. The Bertz CT molecular complexity index is 952. The standard InChI is InChI=1S/C33H48O2S/c1-31-18-15-26(34)23-25(31)22-24(12-8-5-4-6-11-21-36-27-13-9-7-10-14-27)30-28(31)16-19-32(2)29(30)17-20-33(32,3)35/h7,9-10,13-14,23-24,28-30,35H,4-6,8,11-12,15-22H2,1-3H3/t24-,28+,29+,30-,31+,32+,33+/m1/s1. The molecule has 0 saturated heterocycles. The number of carbonyl (C=O) groups excluding carboxylic acids is 1. The van der Waals surface area contributed by atoms with Gasteiger partial charge in [0.2, 0.25) is 0 Å². The van der Waals surface area contributed by atoms with Gasteiger partial charge in [0.1, 0.15) is 0 Å². The minimum atomic E-state index is -0.523. The first-order valence-electron chi connectivity index (χ1n) is 14.9. The van der Waals surface area contributed by atoms with E-state index in [1.54, 1.807) is 0 Å². The van der Waals surface area contributed by atoms with Crippen LogP contribution in [0.5, 0.6) is 0 Å². The topological polar surface area (TPSA) is 37.3 Å². The molecule has 1 aromatic rings. The van der Waals surface area contributed by atoms with E-state index in [1.165, 1.54) is 67.6 Å². The fourth-order valence-corrected chi connectivity index (χ4v) is 9.92. The van der Waals surface area contributed by atoms with Crippen molar-refractivity contribution in [2.45, 2.75) is 115 Å². The van der Waals surface area contributed by atoms with Crippen molar-refractivity contribution in [1.29, 1.82) is 0 Å². The summed E-state index contributed by atoms with van der Waals surface area (Å²) in [6.45, 7) is 7.01. The molecule has 0 aromatic heterocycles. The highest BCUT2D eigenvalue weighted by Crippen LogP contribution is 2.69. The molecule has 36 heavy (non-hydrogen) atoms. The molecule has 2 nitrogen and oxygen atoms in total. The van der Waals surface area contributed by atoms with Crippen molar-refractivity contribution in [3.05, 3.63) is 42.0 Å². The van der Waals surface area contributed by atoms with Gasteiger partial charge in [-0.05, 0) is 117 Å². The van der Waals surface area contributed by atoms with Crippen LogP contribution in [0, 0.1) is 34.5 Å². The Labute approximate surface area is 224 Å². The molecule has 0 amide bonds. The molecule has 3 saturated carbocycles. The van der Waals surface area contributed by atoms with Gasteiger partial charge in [-0.15, -0.1) is 11.8 Å². The van der Waals surface area contributed by atoms with Gasteiger partial charge in [0.05, 0.1) is 5.60 Å². The first-order valence-corrected chi connectivity index (χ1v) is 15.9. The molecule has 7 atom stereocenters. The molecule has 0 heterocycles. The number of allylic oxidation sites excluding steroid dienone is 1. The Morgan fingerprint density at radius 3 is 2.44 bits per heavy atom. The van der Waals surface area contributed by atoms with Gasteiger partial charge in [-0.1, -0.05) is 63.3 Å². The van der Waals surface area contributed by atoms with Gasteiger partial charge < -0.3 is 5.11 Å². The van der Waals surface area contributed by atoms with Crippen LogP contribution in [0.15, 0.2) is 46.9 Å². The Morgan fingerprint density at radius 1 is 0.917 bits per heavy atom. The van der Waals surface area contributed by atoms with Crippen molar-refractivity contribution in [3.63, 3.8) is 0 Å². The third kappa shape index (κ3) is 4.89. The minimum absolute atomic E-state index is 0.0604. The summed E-state index contributed by atoms with van der Waals surface area (Å²) in [5, 5.41) is 11.4. The lowest BCUT2D eigenvalue weighted by Gasteiger charge is -2.61. The molecule has 1 N–H and O–H groups in total. The number of rotatable bonds is 9. The third-order valence-corrected chi connectivity index (χ3v) is 12.5. The minimum Gasteiger partial charge on any atom is -0.390 e. The molecule has 0 bridgehead atoms. The Balaban J connectivity index is 1.19. The number of carbonyl (C=O) groups is 1. The van der Waals surface area contributed by atoms with Crippen molar-refractivity contribution in [3.8, 4) is 0 Å². The van der Waals surface area contributed by atoms with Crippen LogP contribution in [0.1, 0.15) is 104 Å². The van der Waals surface area contributed by atoms with Crippen molar-refractivity contribution in [1.82, 2.24) is 0 Å². The van der Waals surface area contributed by atoms with E-state index in [9.17, 15) is 9.90 Å². The fraction of sp³-hybridized carbons (Fsp3) is 0.727. The second-order valence-corrected chi connectivity index (χ2v) is 14.5. The zero-order valence-electron chi connectivity index (χ0n) is 22.9. The molecule has 4 aliphatic rings. The lowest BCUT2D eigenvalue weighted by molar-refractivity contribution is -0.135. The molecule has 3 heteroatoms. The van der Waals surface area contributed by atoms with Crippen LogP contribution in [-0.4, -0.2) is 22.2 Å². The SMILES string of the molecule is C[C@]12CCC(=O)C=C1C[C@@H](CCCCCCCSc1ccccc1)[C@@H]1[C@@H]2CC[C@@]2(C)[C@H]1CC[C@]2(C)O. The van der Waals surface area contributed by atoms with Gasteiger partial charge in [0, 0.05) is 11.3 Å². The first-order chi connectivity index (χ1) is 17.2. The van der Waals surface area contributed by atoms with E-state index in [0.717, 1.165) is 38.0 Å². The summed E-state index contributed by atoms with van der Waals surface area (Å²) in [6.07, 6.45) is 17.4. The molecule has 4 aliphatic carbocycles. The second-order valence-electron chi connectivity index (χ2n) is 13.3. The summed E-state index contributed by atoms with van der Waals surface area (Å²) < 4.78 is 0. The quantitative estimate of drug-likeness (QED) is 0.268. The maximum absolute atomic E-state index is 12.4. The monoisotopic (exact) mass is 508 g/mol. The number of unbranched alkanes of at least 4 members (excludes halogenated alkanes) is 4. The Kier molecular flexibility index (Phi) is 7.82. The van der Waals surface area contributed by atoms with Crippen molar-refractivity contribution in [2.24, 2.45) is 34.5 Å². The maximum Gasteiger partial charge on any atom is 0.155 e. The molecule has 3 fully saturated rings. The summed E-state index contributed by atoms with van der Waals surface area (Å²) in [5.74, 6) is 4.32. The number of aliphatic hydroxyl groups is 1. The molecule has 0 spiro atoms. The van der Waals surface area contributed by atoms with Crippen molar-refractivity contribution >= 4 is 17.5 Å². The van der Waals surface area contributed by atoms with Gasteiger partial charge in [-0.3, -0.25) is 4.79 Å². The maximum atomic E-state index is 12.4. The van der Waals surface area contributed by atoms with Crippen LogP contribution >= 0.6 is 11.8 Å². The third-order valence-electron chi connectivity index (χ3n) is 11.4. The van der Waals surface area contributed by atoms with Crippen LogP contribution in [0.25, 0.3) is 0 Å². The average molecular weight is 509 g/mol. The molecule has 5 rings (SSSR count). The molecule has 0 radical (unpaired) electrons. The number of thioether (sulfide) groups is 1. The summed E-state index contributed by atoms with van der Waals surface area (Å²) in [5.41, 5.74) is 1.23. The number of benzene rings is 1. The number of fused-ring (bicyclic) bond motifs is 5. The van der Waals surface area contributed by atoms with Gasteiger partial charge >= 0.3 is 0 Å². The zero-order valence-corrected chi connectivity index (χ0v) is 23.8.